The summed E-state index contributed by atoms with van der Waals surface area (Å²) < 4.78 is 3.84. The maximum Gasteiger partial charge on any atom is 0.271 e. The van der Waals surface area contributed by atoms with Gasteiger partial charge in [0.15, 0.2) is 5.69 Å². The quantitative estimate of drug-likeness (QED) is 0.494. The topological polar surface area (TPSA) is 54.6 Å². The van der Waals surface area contributed by atoms with E-state index in [0.29, 0.717) is 12.2 Å². The molecule has 0 aliphatic rings. The lowest BCUT2D eigenvalue weighted by molar-refractivity contribution is 0.0947. The van der Waals surface area contributed by atoms with Gasteiger partial charge in [0.05, 0.1) is 0 Å². The number of amides is 1. The lowest BCUT2D eigenvalue weighted by Gasteiger charge is -2.09. The summed E-state index contributed by atoms with van der Waals surface area (Å²) in [6, 6.07) is 20.3. The van der Waals surface area contributed by atoms with Crippen LogP contribution in [0.5, 0.6) is 0 Å². The molecule has 4 aromatic rings. The Balaban J connectivity index is 1.55. The number of aromatic nitrogens is 3. The number of rotatable bonds is 7. The lowest BCUT2D eigenvalue weighted by atomic mass is 10.1. The molecule has 0 aliphatic carbocycles. The van der Waals surface area contributed by atoms with Gasteiger partial charge in [0.1, 0.15) is 5.82 Å². The highest BCUT2D eigenvalue weighted by atomic mass is 16.1. The summed E-state index contributed by atoms with van der Waals surface area (Å²) in [5.74, 6) is 0.748. The van der Waals surface area contributed by atoms with E-state index in [4.69, 9.17) is 0 Å². The van der Waals surface area contributed by atoms with Crippen molar-refractivity contribution in [1.29, 1.82) is 0 Å². The molecule has 6 nitrogen and oxygen atoms in total. The molecule has 0 atom stereocenters. The van der Waals surface area contributed by atoms with Crippen LogP contribution >= 0.6 is 0 Å². The molecule has 0 bridgehead atoms. The summed E-state index contributed by atoms with van der Waals surface area (Å²) in [7, 11) is 4.04. The van der Waals surface area contributed by atoms with E-state index in [0.717, 1.165) is 35.4 Å². The van der Waals surface area contributed by atoms with Gasteiger partial charge in [0.25, 0.3) is 5.91 Å². The van der Waals surface area contributed by atoms with Gasteiger partial charge in [-0.15, -0.1) is 0 Å². The normalized spacial score (nSPS) is 11.3. The molecule has 0 saturated heterocycles. The average molecular weight is 387 g/mol. The van der Waals surface area contributed by atoms with Gasteiger partial charge >= 0.3 is 0 Å². The second-order valence-electron chi connectivity index (χ2n) is 7.33. The van der Waals surface area contributed by atoms with Crippen LogP contribution in [0.2, 0.25) is 0 Å². The first-order valence-electron chi connectivity index (χ1n) is 9.77. The van der Waals surface area contributed by atoms with Gasteiger partial charge < -0.3 is 14.6 Å². The standard InChI is InChI=1S/C23H25N5O/c1-26(2)15-6-14-24-23(29)21-13-16-28(25-21)22-12-11-20-10-9-19(17-27(20)22)18-7-4-3-5-8-18/h3-5,7-13,16-17H,6,14-15H2,1-2H3,(H,24,29). The maximum atomic E-state index is 12.4. The first-order chi connectivity index (χ1) is 14.1. The first kappa shape index (κ1) is 19.0. The Hall–Kier alpha value is -3.38. The second-order valence-corrected chi connectivity index (χ2v) is 7.33. The van der Waals surface area contributed by atoms with Crippen LogP contribution in [0, 0.1) is 0 Å². The molecule has 0 aliphatic heterocycles. The van der Waals surface area contributed by atoms with Crippen molar-refractivity contribution in [3.8, 4) is 16.9 Å². The third-order valence-corrected chi connectivity index (χ3v) is 4.86. The van der Waals surface area contributed by atoms with Crippen LogP contribution in [0.3, 0.4) is 0 Å². The van der Waals surface area contributed by atoms with E-state index in [-0.39, 0.29) is 5.91 Å². The molecule has 3 heterocycles. The summed E-state index contributed by atoms with van der Waals surface area (Å²) in [4.78, 5) is 14.5. The van der Waals surface area contributed by atoms with Crippen molar-refractivity contribution in [1.82, 2.24) is 24.4 Å². The molecule has 6 heteroatoms. The number of pyridine rings is 1. The third-order valence-electron chi connectivity index (χ3n) is 4.86. The van der Waals surface area contributed by atoms with E-state index in [2.05, 4.69) is 50.2 Å². The molecule has 1 aromatic carbocycles. The minimum Gasteiger partial charge on any atom is -0.351 e. The molecular formula is C23H25N5O. The Morgan fingerprint density at radius 2 is 1.79 bits per heavy atom. The number of hydrogen-bond donors (Lipinski definition) is 1. The lowest BCUT2D eigenvalue weighted by Crippen LogP contribution is -2.27. The highest BCUT2D eigenvalue weighted by molar-refractivity contribution is 5.92. The third kappa shape index (κ3) is 4.22. The predicted octanol–water partition coefficient (Wildman–Crippen LogP) is 3.47. The zero-order chi connectivity index (χ0) is 20.2. The molecule has 0 saturated carbocycles. The summed E-state index contributed by atoms with van der Waals surface area (Å²) in [5.41, 5.74) is 3.78. The fraction of sp³-hybridized carbons (Fsp3) is 0.217. The molecule has 0 unspecified atom stereocenters. The number of nitrogens with one attached hydrogen (secondary N) is 1. The van der Waals surface area contributed by atoms with E-state index in [9.17, 15) is 4.79 Å². The van der Waals surface area contributed by atoms with Crippen LogP contribution in [0.4, 0.5) is 0 Å². The minimum absolute atomic E-state index is 0.145. The Morgan fingerprint density at radius 3 is 2.59 bits per heavy atom. The Morgan fingerprint density at radius 1 is 1.00 bits per heavy atom. The minimum atomic E-state index is -0.145. The number of nitrogens with zero attached hydrogens (tertiary/aromatic N) is 4. The van der Waals surface area contributed by atoms with Gasteiger partial charge in [-0.2, -0.15) is 5.10 Å². The van der Waals surface area contributed by atoms with E-state index in [1.807, 2.05) is 50.6 Å². The fourth-order valence-corrected chi connectivity index (χ4v) is 3.34. The van der Waals surface area contributed by atoms with E-state index >= 15 is 0 Å². The van der Waals surface area contributed by atoms with Crippen LogP contribution in [0.1, 0.15) is 16.9 Å². The Kier molecular flexibility index (Phi) is 5.44. The molecule has 1 N–H and O–H groups in total. The highest BCUT2D eigenvalue weighted by Gasteiger charge is 2.12. The van der Waals surface area contributed by atoms with Crippen molar-refractivity contribution in [2.75, 3.05) is 27.2 Å². The zero-order valence-electron chi connectivity index (χ0n) is 16.7. The Labute approximate surface area is 170 Å². The molecule has 148 valence electrons. The fourth-order valence-electron chi connectivity index (χ4n) is 3.34. The van der Waals surface area contributed by atoms with Gasteiger partial charge in [-0.1, -0.05) is 36.4 Å². The molecule has 29 heavy (non-hydrogen) atoms. The number of carbonyl (C=O) groups excluding carboxylic acids is 1. The van der Waals surface area contributed by atoms with Crippen LogP contribution in [-0.4, -0.2) is 52.2 Å². The van der Waals surface area contributed by atoms with Gasteiger partial charge in [-0.05, 0) is 62.5 Å². The maximum absolute atomic E-state index is 12.4. The highest BCUT2D eigenvalue weighted by Crippen LogP contribution is 2.22. The molecular weight excluding hydrogens is 362 g/mol. The van der Waals surface area contributed by atoms with E-state index in [1.165, 1.54) is 0 Å². The summed E-state index contributed by atoms with van der Waals surface area (Å²) >= 11 is 0. The largest absolute Gasteiger partial charge is 0.351 e. The van der Waals surface area contributed by atoms with Crippen molar-refractivity contribution >= 4 is 11.4 Å². The summed E-state index contributed by atoms with van der Waals surface area (Å²) in [6.45, 7) is 1.58. The SMILES string of the molecule is CN(C)CCCNC(=O)c1ccn(-c2ccc3ccc(-c4ccccc4)cn23)n1. The van der Waals surface area contributed by atoms with Crippen LogP contribution in [0.15, 0.2) is 73.1 Å². The monoisotopic (exact) mass is 387 g/mol. The van der Waals surface area contributed by atoms with Crippen molar-refractivity contribution in [3.05, 3.63) is 78.8 Å². The first-order valence-corrected chi connectivity index (χ1v) is 9.77. The van der Waals surface area contributed by atoms with Gasteiger partial charge in [0.2, 0.25) is 0 Å². The number of benzene rings is 1. The molecule has 1 amide bonds. The molecule has 0 radical (unpaired) electrons. The summed E-state index contributed by atoms with van der Waals surface area (Å²) in [5, 5.41) is 7.42. The number of fused-ring (bicyclic) bond motifs is 1. The van der Waals surface area contributed by atoms with Crippen molar-refractivity contribution in [2.24, 2.45) is 0 Å². The number of carbonyl (C=O) groups is 1. The van der Waals surface area contributed by atoms with Crippen molar-refractivity contribution in [2.45, 2.75) is 6.42 Å². The van der Waals surface area contributed by atoms with E-state index < -0.39 is 0 Å². The Bertz CT molecular complexity index is 1110. The zero-order valence-corrected chi connectivity index (χ0v) is 16.7. The predicted molar refractivity (Wildman–Crippen MR) is 115 cm³/mol. The van der Waals surface area contributed by atoms with Gasteiger partial charge in [0, 0.05) is 24.5 Å². The second kappa shape index (κ2) is 8.32. The van der Waals surface area contributed by atoms with Crippen LogP contribution in [0.25, 0.3) is 22.5 Å². The molecule has 4 rings (SSSR count). The number of hydrogen-bond acceptors (Lipinski definition) is 3. The summed E-state index contributed by atoms with van der Waals surface area (Å²) in [6.07, 6.45) is 4.83. The van der Waals surface area contributed by atoms with Gasteiger partial charge in [-0.25, -0.2) is 4.68 Å². The average Bonchev–Trinajstić information content (AvgIpc) is 3.38. The molecule has 3 aromatic heterocycles. The van der Waals surface area contributed by atoms with Crippen LogP contribution in [-0.2, 0) is 0 Å². The molecule has 0 fully saturated rings. The molecule has 0 spiro atoms. The van der Waals surface area contributed by atoms with Gasteiger partial charge in [-0.3, -0.25) is 4.79 Å². The smallest absolute Gasteiger partial charge is 0.271 e. The van der Waals surface area contributed by atoms with Crippen molar-refractivity contribution < 1.29 is 4.79 Å². The van der Waals surface area contributed by atoms with Crippen molar-refractivity contribution in [3.63, 3.8) is 0 Å². The van der Waals surface area contributed by atoms with Crippen LogP contribution < -0.4 is 5.32 Å². The van der Waals surface area contributed by atoms with E-state index in [1.54, 1.807) is 10.7 Å².